The van der Waals surface area contributed by atoms with Gasteiger partial charge in [-0.3, -0.25) is 9.48 Å². The highest BCUT2D eigenvalue weighted by molar-refractivity contribution is 6.31. The van der Waals surface area contributed by atoms with Crippen LogP contribution in [0.25, 0.3) is 5.69 Å². The third kappa shape index (κ3) is 2.27. The topological polar surface area (TPSA) is 52.9 Å². The maximum Gasteiger partial charge on any atom is 0.294 e. The Morgan fingerprint density at radius 3 is 2.57 bits per heavy atom. The van der Waals surface area contributed by atoms with Gasteiger partial charge in [-0.2, -0.15) is 0 Å². The second-order valence-corrected chi connectivity index (χ2v) is 6.26. The van der Waals surface area contributed by atoms with Crippen LogP contribution in [0.4, 0.5) is 5.69 Å². The second kappa shape index (κ2) is 5.26. The van der Waals surface area contributed by atoms with Gasteiger partial charge in [-0.05, 0) is 37.5 Å². The Morgan fingerprint density at radius 1 is 1.29 bits per heavy atom. The summed E-state index contributed by atoms with van der Waals surface area (Å²) in [5, 5.41) is 0.654. The van der Waals surface area contributed by atoms with Gasteiger partial charge < -0.3 is 5.73 Å². The molecule has 2 N–H and O–H groups in total. The maximum atomic E-state index is 12.5. The van der Waals surface area contributed by atoms with E-state index >= 15 is 0 Å². The lowest BCUT2D eigenvalue weighted by molar-refractivity contribution is 0.568. The lowest BCUT2D eigenvalue weighted by atomic mass is 10.0. The van der Waals surface area contributed by atoms with Crippen molar-refractivity contribution in [3.63, 3.8) is 0 Å². The van der Waals surface area contributed by atoms with Crippen LogP contribution in [0, 0.1) is 6.92 Å². The molecule has 1 fully saturated rings. The van der Waals surface area contributed by atoms with Crippen LogP contribution in [-0.2, 0) is 7.05 Å². The summed E-state index contributed by atoms with van der Waals surface area (Å²) in [6.45, 7) is 1.94. The van der Waals surface area contributed by atoms with Gasteiger partial charge in [-0.15, -0.1) is 0 Å². The summed E-state index contributed by atoms with van der Waals surface area (Å²) in [6, 6.07) is 5.64. The number of nitrogens with two attached hydrogens (primary N) is 1. The molecule has 5 heteroatoms. The molecule has 0 saturated heterocycles. The fraction of sp³-hybridized carbons (Fsp3) is 0.438. The minimum absolute atomic E-state index is 0.153. The van der Waals surface area contributed by atoms with Gasteiger partial charge in [0.15, 0.2) is 0 Å². The van der Waals surface area contributed by atoms with E-state index in [1.807, 2.05) is 36.9 Å². The quantitative estimate of drug-likeness (QED) is 0.924. The zero-order valence-electron chi connectivity index (χ0n) is 12.4. The number of anilines is 1. The first-order valence-corrected chi connectivity index (χ1v) is 7.72. The zero-order chi connectivity index (χ0) is 15.1. The molecule has 1 aliphatic carbocycles. The van der Waals surface area contributed by atoms with Crippen LogP contribution < -0.4 is 11.3 Å². The van der Waals surface area contributed by atoms with E-state index in [-0.39, 0.29) is 5.56 Å². The minimum Gasteiger partial charge on any atom is -0.393 e. The van der Waals surface area contributed by atoms with E-state index in [0.29, 0.717) is 16.6 Å². The predicted octanol–water partition coefficient (Wildman–Crippen LogP) is 3.38. The second-order valence-electron chi connectivity index (χ2n) is 5.85. The Balaban J connectivity index is 2.17. The molecule has 4 nitrogen and oxygen atoms in total. The molecule has 0 amide bonds. The fourth-order valence-corrected chi connectivity index (χ4v) is 3.50. The van der Waals surface area contributed by atoms with Gasteiger partial charge in [0.25, 0.3) is 5.56 Å². The molecule has 0 atom stereocenters. The van der Waals surface area contributed by atoms with Gasteiger partial charge in [0.05, 0.1) is 11.4 Å². The van der Waals surface area contributed by atoms with Crippen molar-refractivity contribution in [2.75, 3.05) is 5.73 Å². The first-order valence-electron chi connectivity index (χ1n) is 7.34. The lowest BCUT2D eigenvalue weighted by Crippen LogP contribution is -2.20. The highest BCUT2D eigenvalue weighted by atomic mass is 35.5. The highest BCUT2D eigenvalue weighted by Crippen LogP contribution is 2.36. The van der Waals surface area contributed by atoms with Crippen LogP contribution in [0.1, 0.15) is 42.9 Å². The summed E-state index contributed by atoms with van der Waals surface area (Å²) in [7, 11) is 1.90. The molecular weight excluding hydrogens is 286 g/mol. The molecule has 21 heavy (non-hydrogen) atoms. The molecule has 1 aliphatic rings. The maximum absolute atomic E-state index is 12.5. The first-order chi connectivity index (χ1) is 10.0. The number of hydrogen-bond acceptors (Lipinski definition) is 2. The molecule has 1 heterocycles. The number of nitrogens with zero attached hydrogens (tertiary/aromatic N) is 2. The van der Waals surface area contributed by atoms with E-state index in [2.05, 4.69) is 0 Å². The molecule has 0 spiro atoms. The van der Waals surface area contributed by atoms with Crippen LogP contribution in [0.5, 0.6) is 0 Å². The molecule has 1 aromatic carbocycles. The number of aryl methyl sites for hydroxylation is 1. The summed E-state index contributed by atoms with van der Waals surface area (Å²) >= 11 is 6.19. The molecule has 2 aromatic rings. The zero-order valence-corrected chi connectivity index (χ0v) is 13.2. The average Bonchev–Trinajstić information content (AvgIpc) is 3.03. The van der Waals surface area contributed by atoms with Gasteiger partial charge in [0.1, 0.15) is 5.69 Å². The van der Waals surface area contributed by atoms with Crippen molar-refractivity contribution in [1.82, 2.24) is 9.36 Å². The molecule has 0 bridgehead atoms. The molecular formula is C16H20ClN3O. The summed E-state index contributed by atoms with van der Waals surface area (Å²) < 4.78 is 3.52. The van der Waals surface area contributed by atoms with Crippen LogP contribution in [0.2, 0.25) is 5.02 Å². The normalized spacial score (nSPS) is 15.8. The number of benzene rings is 1. The number of hydrogen-bond donors (Lipinski definition) is 1. The van der Waals surface area contributed by atoms with Crippen molar-refractivity contribution in [1.29, 1.82) is 0 Å². The number of halogens is 1. The van der Waals surface area contributed by atoms with Crippen molar-refractivity contribution >= 4 is 17.3 Å². The SMILES string of the molecule is Cc1ccc(-n2c(=O)c(N)c(C3CCCC3)n2C)cc1Cl. The van der Waals surface area contributed by atoms with E-state index in [9.17, 15) is 4.79 Å². The van der Waals surface area contributed by atoms with Crippen molar-refractivity contribution < 1.29 is 0 Å². The van der Waals surface area contributed by atoms with E-state index in [4.69, 9.17) is 17.3 Å². The largest absolute Gasteiger partial charge is 0.393 e. The Morgan fingerprint density at radius 2 is 1.95 bits per heavy atom. The monoisotopic (exact) mass is 305 g/mol. The third-order valence-electron chi connectivity index (χ3n) is 4.49. The van der Waals surface area contributed by atoms with Gasteiger partial charge in [0, 0.05) is 18.0 Å². The van der Waals surface area contributed by atoms with Gasteiger partial charge in [0.2, 0.25) is 0 Å². The van der Waals surface area contributed by atoms with Crippen molar-refractivity contribution in [2.45, 2.75) is 38.5 Å². The molecule has 0 radical (unpaired) electrons. The van der Waals surface area contributed by atoms with E-state index < -0.39 is 0 Å². The Hall–Kier alpha value is -1.68. The Bertz CT molecular complexity index is 739. The van der Waals surface area contributed by atoms with Gasteiger partial charge in [-0.1, -0.05) is 30.5 Å². The minimum atomic E-state index is -0.153. The fourth-order valence-electron chi connectivity index (χ4n) is 3.33. The van der Waals surface area contributed by atoms with Crippen LogP contribution in [-0.4, -0.2) is 9.36 Å². The number of rotatable bonds is 2. The van der Waals surface area contributed by atoms with E-state index in [1.165, 1.54) is 12.8 Å². The summed E-state index contributed by atoms with van der Waals surface area (Å²) in [5.74, 6) is 0.393. The average molecular weight is 306 g/mol. The predicted molar refractivity (Wildman–Crippen MR) is 86.4 cm³/mol. The Labute approximate surface area is 129 Å². The van der Waals surface area contributed by atoms with E-state index in [1.54, 1.807) is 4.68 Å². The van der Waals surface area contributed by atoms with Crippen molar-refractivity contribution in [2.24, 2.45) is 7.05 Å². The highest BCUT2D eigenvalue weighted by Gasteiger charge is 2.26. The van der Waals surface area contributed by atoms with Crippen LogP contribution >= 0.6 is 11.6 Å². The van der Waals surface area contributed by atoms with Crippen molar-refractivity contribution in [3.05, 3.63) is 44.8 Å². The molecule has 112 valence electrons. The van der Waals surface area contributed by atoms with Crippen LogP contribution in [0.3, 0.4) is 0 Å². The van der Waals surface area contributed by atoms with Gasteiger partial charge >= 0.3 is 0 Å². The first kappa shape index (κ1) is 14.3. The van der Waals surface area contributed by atoms with Gasteiger partial charge in [-0.25, -0.2) is 4.68 Å². The smallest absolute Gasteiger partial charge is 0.294 e. The molecule has 0 unspecified atom stereocenters. The van der Waals surface area contributed by atoms with E-state index in [0.717, 1.165) is 29.8 Å². The number of aromatic nitrogens is 2. The Kier molecular flexibility index (Phi) is 3.57. The number of nitrogen functional groups attached to an aromatic ring is 1. The third-order valence-corrected chi connectivity index (χ3v) is 4.90. The summed E-state index contributed by atoms with van der Waals surface area (Å²) in [6.07, 6.45) is 4.63. The van der Waals surface area contributed by atoms with Crippen LogP contribution in [0.15, 0.2) is 23.0 Å². The summed E-state index contributed by atoms with van der Waals surface area (Å²) in [5.41, 5.74) is 9.04. The van der Waals surface area contributed by atoms with Crippen molar-refractivity contribution in [3.8, 4) is 5.69 Å². The summed E-state index contributed by atoms with van der Waals surface area (Å²) in [4.78, 5) is 12.5. The molecule has 0 aliphatic heterocycles. The lowest BCUT2D eigenvalue weighted by Gasteiger charge is -2.14. The molecule has 1 aromatic heterocycles. The molecule has 1 saturated carbocycles. The standard InChI is InChI=1S/C16H20ClN3O/c1-10-7-8-12(9-13(10)17)20-16(21)14(18)15(19(20)2)11-5-3-4-6-11/h7-9,11H,3-6,18H2,1-2H3. The molecule has 3 rings (SSSR count).